The van der Waals surface area contributed by atoms with Gasteiger partial charge in [0.1, 0.15) is 0 Å². The van der Waals surface area contributed by atoms with E-state index in [-0.39, 0.29) is 0 Å². The molecule has 30 heavy (non-hydrogen) atoms. The number of carbonyl (C=O) groups excluding carboxylic acids is 1. The molecule has 0 spiro atoms. The van der Waals surface area contributed by atoms with Gasteiger partial charge < -0.3 is 9.80 Å². The van der Waals surface area contributed by atoms with Gasteiger partial charge in [0.25, 0.3) is 5.92 Å². The van der Waals surface area contributed by atoms with Crippen LogP contribution in [-0.2, 0) is 17.6 Å². The molecular weight excluding hydrogens is 384 g/mol. The van der Waals surface area contributed by atoms with Gasteiger partial charge in [-0.2, -0.15) is 0 Å². The summed E-state index contributed by atoms with van der Waals surface area (Å²) in [5, 5.41) is 0. The van der Waals surface area contributed by atoms with Crippen LogP contribution in [0.25, 0.3) is 0 Å². The lowest BCUT2D eigenvalue weighted by Crippen LogP contribution is -2.47. The average molecular weight is 420 g/mol. The topological polar surface area (TPSA) is 26.8 Å². The number of alkyl halides is 2. The number of aryl methyl sites for hydroxylation is 1. The van der Waals surface area contributed by atoms with Gasteiger partial charge in [0.15, 0.2) is 0 Å². The van der Waals surface area contributed by atoms with Gasteiger partial charge in [0, 0.05) is 45.0 Å². The molecule has 4 nitrogen and oxygen atoms in total. The Balaban J connectivity index is 1.17. The Morgan fingerprint density at radius 2 is 1.80 bits per heavy atom. The molecule has 0 bridgehead atoms. The second-order valence-corrected chi connectivity index (χ2v) is 9.46. The SMILES string of the molecule is CC(F)(F)CC(=O)N1CCC(CCN2CCN(c3cccc4c3CCC4)CC2)CC1. The first-order valence-electron chi connectivity index (χ1n) is 11.6. The molecule has 0 aromatic heterocycles. The Hall–Kier alpha value is -1.69. The van der Waals surface area contributed by atoms with Crippen molar-refractivity contribution in [3.05, 3.63) is 29.3 Å². The highest BCUT2D eigenvalue weighted by molar-refractivity contribution is 5.77. The largest absolute Gasteiger partial charge is 0.369 e. The molecule has 6 heteroatoms. The summed E-state index contributed by atoms with van der Waals surface area (Å²) >= 11 is 0. The third-order valence-corrected chi connectivity index (χ3v) is 7.12. The normalized spacial score (nSPS) is 21.2. The predicted molar refractivity (Wildman–Crippen MR) is 116 cm³/mol. The minimum absolute atomic E-state index is 0.399. The summed E-state index contributed by atoms with van der Waals surface area (Å²) < 4.78 is 26.2. The zero-order valence-corrected chi connectivity index (χ0v) is 18.2. The summed E-state index contributed by atoms with van der Waals surface area (Å²) in [7, 11) is 0. The van der Waals surface area contributed by atoms with E-state index in [1.54, 1.807) is 16.0 Å². The van der Waals surface area contributed by atoms with Crippen molar-refractivity contribution in [3.8, 4) is 0 Å². The van der Waals surface area contributed by atoms with Crippen LogP contribution < -0.4 is 4.90 Å². The molecule has 1 aromatic carbocycles. The summed E-state index contributed by atoms with van der Waals surface area (Å²) in [6, 6.07) is 6.79. The Bertz CT molecular complexity index is 732. The van der Waals surface area contributed by atoms with E-state index < -0.39 is 18.3 Å². The van der Waals surface area contributed by atoms with Gasteiger partial charge in [-0.25, -0.2) is 8.78 Å². The molecule has 2 aliphatic heterocycles. The third-order valence-electron chi connectivity index (χ3n) is 7.12. The number of hydrogen-bond donors (Lipinski definition) is 0. The highest BCUT2D eigenvalue weighted by atomic mass is 19.3. The molecule has 1 aliphatic carbocycles. The molecule has 0 saturated carbocycles. The third kappa shape index (κ3) is 5.32. The van der Waals surface area contributed by atoms with Crippen molar-refractivity contribution in [1.29, 1.82) is 0 Å². The number of fused-ring (bicyclic) bond motifs is 1. The fraction of sp³-hybridized carbons (Fsp3) is 0.708. The Kier molecular flexibility index (Phi) is 6.61. The van der Waals surface area contributed by atoms with Crippen molar-refractivity contribution in [2.24, 2.45) is 5.92 Å². The van der Waals surface area contributed by atoms with E-state index in [0.29, 0.717) is 19.0 Å². The fourth-order valence-electron chi connectivity index (χ4n) is 5.32. The number of piperazine rings is 1. The van der Waals surface area contributed by atoms with Crippen LogP contribution in [0.3, 0.4) is 0 Å². The molecule has 0 unspecified atom stereocenters. The van der Waals surface area contributed by atoms with E-state index in [0.717, 1.165) is 58.9 Å². The van der Waals surface area contributed by atoms with E-state index in [1.165, 1.54) is 24.9 Å². The number of amides is 1. The molecular formula is C24H35F2N3O. The van der Waals surface area contributed by atoms with E-state index in [9.17, 15) is 13.6 Å². The molecule has 2 heterocycles. The van der Waals surface area contributed by atoms with Crippen LogP contribution in [0.4, 0.5) is 14.5 Å². The minimum Gasteiger partial charge on any atom is -0.369 e. The van der Waals surface area contributed by atoms with E-state index in [4.69, 9.17) is 0 Å². The number of piperidine rings is 1. The lowest BCUT2D eigenvalue weighted by molar-refractivity contribution is -0.139. The first kappa shape index (κ1) is 21.5. The first-order chi connectivity index (χ1) is 14.4. The highest BCUT2D eigenvalue weighted by Crippen LogP contribution is 2.32. The monoisotopic (exact) mass is 419 g/mol. The van der Waals surface area contributed by atoms with Crippen LogP contribution in [0.2, 0.25) is 0 Å². The van der Waals surface area contributed by atoms with Crippen LogP contribution in [-0.4, -0.2) is 67.4 Å². The maximum atomic E-state index is 13.1. The van der Waals surface area contributed by atoms with E-state index in [1.807, 2.05) is 0 Å². The van der Waals surface area contributed by atoms with Crippen molar-refractivity contribution in [2.45, 2.75) is 57.8 Å². The highest BCUT2D eigenvalue weighted by Gasteiger charge is 2.31. The molecule has 2 saturated heterocycles. The van der Waals surface area contributed by atoms with Gasteiger partial charge in [0.2, 0.25) is 5.91 Å². The Morgan fingerprint density at radius 1 is 1.07 bits per heavy atom. The van der Waals surface area contributed by atoms with Crippen molar-refractivity contribution >= 4 is 11.6 Å². The number of anilines is 1. The number of carbonyl (C=O) groups is 1. The van der Waals surface area contributed by atoms with Gasteiger partial charge in [-0.15, -0.1) is 0 Å². The van der Waals surface area contributed by atoms with Gasteiger partial charge in [0.05, 0.1) is 6.42 Å². The second-order valence-electron chi connectivity index (χ2n) is 9.46. The average Bonchev–Trinajstić information content (AvgIpc) is 3.21. The number of halogens is 2. The van der Waals surface area contributed by atoms with Crippen LogP contribution in [0.1, 0.15) is 50.2 Å². The molecule has 166 valence electrons. The van der Waals surface area contributed by atoms with Crippen LogP contribution >= 0.6 is 0 Å². The van der Waals surface area contributed by atoms with Gasteiger partial charge in [-0.1, -0.05) is 12.1 Å². The summed E-state index contributed by atoms with van der Waals surface area (Å²) in [6.45, 7) is 7.58. The summed E-state index contributed by atoms with van der Waals surface area (Å²) in [5.74, 6) is -2.70. The maximum absolute atomic E-state index is 13.1. The van der Waals surface area contributed by atoms with Crippen molar-refractivity contribution in [2.75, 3.05) is 50.7 Å². The van der Waals surface area contributed by atoms with Crippen LogP contribution in [0.5, 0.6) is 0 Å². The molecule has 0 N–H and O–H groups in total. The molecule has 1 aromatic rings. The molecule has 1 amide bonds. The van der Waals surface area contributed by atoms with Gasteiger partial charge >= 0.3 is 0 Å². The lowest BCUT2D eigenvalue weighted by atomic mass is 9.93. The summed E-state index contributed by atoms with van der Waals surface area (Å²) in [4.78, 5) is 18.7. The molecule has 2 fully saturated rings. The number of nitrogens with zero attached hydrogens (tertiary/aromatic N) is 3. The summed E-state index contributed by atoms with van der Waals surface area (Å²) in [6.07, 6.45) is 6.11. The van der Waals surface area contributed by atoms with Crippen molar-refractivity contribution < 1.29 is 13.6 Å². The van der Waals surface area contributed by atoms with E-state index in [2.05, 4.69) is 28.0 Å². The fourth-order valence-corrected chi connectivity index (χ4v) is 5.32. The molecule has 0 radical (unpaired) electrons. The minimum atomic E-state index is -2.91. The van der Waals surface area contributed by atoms with Crippen LogP contribution in [0.15, 0.2) is 18.2 Å². The quantitative estimate of drug-likeness (QED) is 0.698. The number of rotatable bonds is 6. The lowest BCUT2D eigenvalue weighted by Gasteiger charge is -2.38. The maximum Gasteiger partial charge on any atom is 0.254 e. The Morgan fingerprint density at radius 3 is 2.50 bits per heavy atom. The molecule has 0 atom stereocenters. The Labute approximate surface area is 179 Å². The number of likely N-dealkylation sites (tertiary alicyclic amines) is 1. The molecule has 3 aliphatic rings. The standard InChI is InChI=1S/C24H35F2N3O/c1-24(25,26)18-23(30)29-12-9-19(10-13-29)8-11-27-14-16-28(17-15-27)22-7-3-5-20-4-2-6-21(20)22/h3,5,7,19H,2,4,6,8-18H2,1H3. The second kappa shape index (κ2) is 9.21. The first-order valence-corrected chi connectivity index (χ1v) is 11.6. The van der Waals surface area contributed by atoms with E-state index >= 15 is 0 Å². The van der Waals surface area contributed by atoms with Crippen molar-refractivity contribution in [1.82, 2.24) is 9.80 Å². The summed E-state index contributed by atoms with van der Waals surface area (Å²) in [5.41, 5.74) is 4.58. The zero-order valence-electron chi connectivity index (χ0n) is 18.2. The molecule has 4 rings (SSSR count). The number of hydrogen-bond acceptors (Lipinski definition) is 3. The number of benzene rings is 1. The van der Waals surface area contributed by atoms with Crippen LogP contribution in [0, 0.1) is 5.92 Å². The predicted octanol–water partition coefficient (Wildman–Crippen LogP) is 3.97. The van der Waals surface area contributed by atoms with Gasteiger partial charge in [-0.05, 0) is 75.1 Å². The zero-order chi connectivity index (χ0) is 21.1. The van der Waals surface area contributed by atoms with Gasteiger partial charge in [-0.3, -0.25) is 9.69 Å². The smallest absolute Gasteiger partial charge is 0.254 e. The van der Waals surface area contributed by atoms with Crippen molar-refractivity contribution in [3.63, 3.8) is 0 Å².